The molecule has 2 atom stereocenters. The summed E-state index contributed by atoms with van der Waals surface area (Å²) in [7, 11) is 0. The predicted octanol–water partition coefficient (Wildman–Crippen LogP) is 5.32. The molecule has 0 saturated heterocycles. The Kier molecular flexibility index (Phi) is 7.52. The molecule has 0 aliphatic rings. The highest BCUT2D eigenvalue weighted by Crippen LogP contribution is 2.38. The van der Waals surface area contributed by atoms with Gasteiger partial charge in [0, 0.05) is 6.42 Å². The van der Waals surface area contributed by atoms with Crippen molar-refractivity contribution < 1.29 is 19.7 Å². The highest BCUT2D eigenvalue weighted by molar-refractivity contribution is 5.66. The molecule has 0 radical (unpaired) electrons. The van der Waals surface area contributed by atoms with Gasteiger partial charge in [0.2, 0.25) is 0 Å². The fraction of sp³-hybridized carbons (Fsp3) is 0.409. The average Bonchev–Trinajstić information content (AvgIpc) is 2.65. The molecule has 2 aromatic rings. The number of hydrogen-bond donors (Lipinski definition) is 2. The summed E-state index contributed by atoms with van der Waals surface area (Å²) in [5, 5.41) is 18.2. The van der Waals surface area contributed by atoms with Gasteiger partial charge in [-0.3, -0.25) is 4.79 Å². The van der Waals surface area contributed by atoms with Gasteiger partial charge in [-0.15, -0.1) is 0 Å². The maximum atomic E-state index is 10.5. The quantitative estimate of drug-likeness (QED) is 0.565. The van der Waals surface area contributed by atoms with Crippen LogP contribution in [0.3, 0.4) is 0 Å². The van der Waals surface area contributed by atoms with Crippen molar-refractivity contribution >= 4 is 5.97 Å². The van der Waals surface area contributed by atoms with Crippen molar-refractivity contribution in [3.05, 3.63) is 59.7 Å². The minimum absolute atomic E-state index is 0.126. The average molecular weight is 356 g/mol. The molecule has 4 nitrogen and oxygen atoms in total. The smallest absolute Gasteiger partial charge is 0.303 e. The highest BCUT2D eigenvalue weighted by Gasteiger charge is 2.22. The minimum Gasteiger partial charge on any atom is -0.508 e. The molecule has 0 saturated carbocycles. The van der Waals surface area contributed by atoms with Gasteiger partial charge >= 0.3 is 5.97 Å². The van der Waals surface area contributed by atoms with Gasteiger partial charge in [-0.05, 0) is 66.5 Å². The molecule has 26 heavy (non-hydrogen) atoms. The van der Waals surface area contributed by atoms with Gasteiger partial charge in [-0.2, -0.15) is 0 Å². The zero-order valence-corrected chi connectivity index (χ0v) is 15.5. The van der Waals surface area contributed by atoms with E-state index >= 15 is 0 Å². The summed E-state index contributed by atoms with van der Waals surface area (Å²) in [4.78, 5) is 10.5. The lowest BCUT2D eigenvalue weighted by Gasteiger charge is -2.26. The summed E-state index contributed by atoms with van der Waals surface area (Å²) in [6.45, 7) is 4.80. The van der Waals surface area contributed by atoms with Crippen LogP contribution in [0.2, 0.25) is 0 Å². The lowest BCUT2D eigenvalue weighted by molar-refractivity contribution is -0.137. The van der Waals surface area contributed by atoms with Crippen molar-refractivity contribution in [3.8, 4) is 11.5 Å². The zero-order chi connectivity index (χ0) is 18.9. The van der Waals surface area contributed by atoms with E-state index in [0.717, 1.165) is 18.6 Å². The Morgan fingerprint density at radius 1 is 0.923 bits per heavy atom. The van der Waals surface area contributed by atoms with Crippen LogP contribution < -0.4 is 4.74 Å². The lowest BCUT2D eigenvalue weighted by atomic mass is 9.78. The summed E-state index contributed by atoms with van der Waals surface area (Å²) in [6.07, 6.45) is 2.68. The largest absolute Gasteiger partial charge is 0.508 e. The number of aliphatic carboxylic acids is 1. The molecule has 4 heteroatoms. The van der Waals surface area contributed by atoms with E-state index in [1.807, 2.05) is 24.3 Å². The monoisotopic (exact) mass is 356 g/mol. The number of carboxylic acid groups (broad SMARTS) is 1. The van der Waals surface area contributed by atoms with Crippen molar-refractivity contribution in [2.24, 2.45) is 0 Å². The predicted molar refractivity (Wildman–Crippen MR) is 103 cm³/mol. The normalized spacial score (nSPS) is 13.2. The first-order valence-corrected chi connectivity index (χ1v) is 9.28. The first kappa shape index (κ1) is 19.8. The van der Waals surface area contributed by atoms with E-state index in [4.69, 9.17) is 9.84 Å². The molecular weight excluding hydrogens is 328 g/mol. The Balaban J connectivity index is 2.06. The first-order valence-electron chi connectivity index (χ1n) is 9.28. The maximum Gasteiger partial charge on any atom is 0.303 e. The Bertz CT molecular complexity index is 676. The van der Waals surface area contributed by atoms with E-state index in [-0.39, 0.29) is 6.42 Å². The zero-order valence-electron chi connectivity index (χ0n) is 15.5. The van der Waals surface area contributed by atoms with Gasteiger partial charge in [0.05, 0.1) is 6.61 Å². The molecule has 0 aliphatic heterocycles. The first-order chi connectivity index (χ1) is 12.5. The fourth-order valence-electron chi connectivity index (χ4n) is 3.45. The molecule has 140 valence electrons. The molecule has 0 aromatic heterocycles. The van der Waals surface area contributed by atoms with E-state index in [0.29, 0.717) is 30.6 Å². The SMILES string of the molecule is CCC(c1ccc(O)cc1)C(CC)c1ccc(OCCCC(=O)O)cc1. The molecule has 0 bridgehead atoms. The van der Waals surface area contributed by atoms with Crippen molar-refractivity contribution in [1.82, 2.24) is 0 Å². The number of rotatable bonds is 10. The topological polar surface area (TPSA) is 66.8 Å². The number of phenolic OH excluding ortho intramolecular Hbond substituents is 1. The third kappa shape index (κ3) is 5.51. The van der Waals surface area contributed by atoms with E-state index < -0.39 is 5.97 Å². The number of aromatic hydroxyl groups is 1. The number of phenols is 1. The molecule has 0 heterocycles. The van der Waals surface area contributed by atoms with Crippen LogP contribution in [-0.4, -0.2) is 22.8 Å². The summed E-state index contributed by atoms with van der Waals surface area (Å²) in [5.41, 5.74) is 2.51. The van der Waals surface area contributed by atoms with Crippen LogP contribution in [-0.2, 0) is 4.79 Å². The Morgan fingerprint density at radius 2 is 1.42 bits per heavy atom. The number of hydrogen-bond acceptors (Lipinski definition) is 3. The van der Waals surface area contributed by atoms with Crippen LogP contribution in [0.5, 0.6) is 11.5 Å². The van der Waals surface area contributed by atoms with Gasteiger partial charge in [0.1, 0.15) is 11.5 Å². The summed E-state index contributed by atoms with van der Waals surface area (Å²) >= 11 is 0. The number of ether oxygens (including phenoxy) is 1. The minimum atomic E-state index is -0.797. The van der Waals surface area contributed by atoms with Crippen molar-refractivity contribution in [2.75, 3.05) is 6.61 Å². The van der Waals surface area contributed by atoms with Crippen LogP contribution in [0.15, 0.2) is 48.5 Å². The van der Waals surface area contributed by atoms with E-state index in [9.17, 15) is 9.90 Å². The second kappa shape index (κ2) is 9.85. The molecule has 2 N–H and O–H groups in total. The van der Waals surface area contributed by atoms with Gasteiger partial charge in [-0.25, -0.2) is 0 Å². The van der Waals surface area contributed by atoms with Crippen LogP contribution in [0, 0.1) is 0 Å². The molecular formula is C22H28O4. The number of benzene rings is 2. The van der Waals surface area contributed by atoms with Crippen molar-refractivity contribution in [1.29, 1.82) is 0 Å². The molecule has 2 rings (SSSR count). The van der Waals surface area contributed by atoms with Crippen molar-refractivity contribution in [2.45, 2.75) is 51.4 Å². The summed E-state index contributed by atoms with van der Waals surface area (Å²) in [5.74, 6) is 1.05. The third-order valence-corrected chi connectivity index (χ3v) is 4.80. The molecule has 0 fully saturated rings. The standard InChI is InChI=1S/C22H28O4/c1-3-20(16-7-11-18(23)12-8-16)21(4-2)17-9-13-19(14-10-17)26-15-5-6-22(24)25/h7-14,20-21,23H,3-6,15H2,1-2H3,(H,24,25). The highest BCUT2D eigenvalue weighted by atomic mass is 16.5. The van der Waals surface area contributed by atoms with Crippen molar-refractivity contribution in [3.63, 3.8) is 0 Å². The molecule has 2 unspecified atom stereocenters. The second-order valence-corrected chi connectivity index (χ2v) is 6.54. The fourth-order valence-corrected chi connectivity index (χ4v) is 3.45. The van der Waals surface area contributed by atoms with Gasteiger partial charge in [0.15, 0.2) is 0 Å². The van der Waals surface area contributed by atoms with E-state index in [2.05, 4.69) is 26.0 Å². The van der Waals surface area contributed by atoms with Crippen LogP contribution in [0.1, 0.15) is 62.5 Å². The Labute approximate surface area is 155 Å². The molecule has 0 aliphatic carbocycles. The Hall–Kier alpha value is -2.49. The summed E-state index contributed by atoms with van der Waals surface area (Å²) in [6, 6.07) is 15.6. The third-order valence-electron chi connectivity index (χ3n) is 4.80. The lowest BCUT2D eigenvalue weighted by Crippen LogP contribution is -2.10. The van der Waals surface area contributed by atoms with Gasteiger partial charge < -0.3 is 14.9 Å². The van der Waals surface area contributed by atoms with Gasteiger partial charge in [0.25, 0.3) is 0 Å². The summed E-state index contributed by atoms with van der Waals surface area (Å²) < 4.78 is 5.62. The maximum absolute atomic E-state index is 10.5. The van der Waals surface area contributed by atoms with Crippen LogP contribution in [0.25, 0.3) is 0 Å². The van der Waals surface area contributed by atoms with E-state index in [1.165, 1.54) is 11.1 Å². The Morgan fingerprint density at radius 3 is 1.88 bits per heavy atom. The molecule has 0 amide bonds. The van der Waals surface area contributed by atoms with Gasteiger partial charge in [-0.1, -0.05) is 38.1 Å². The number of carboxylic acids is 1. The van der Waals surface area contributed by atoms with Crippen LogP contribution in [0.4, 0.5) is 0 Å². The second-order valence-electron chi connectivity index (χ2n) is 6.54. The van der Waals surface area contributed by atoms with Crippen LogP contribution >= 0.6 is 0 Å². The molecule has 2 aromatic carbocycles. The molecule has 0 spiro atoms. The van der Waals surface area contributed by atoms with E-state index in [1.54, 1.807) is 12.1 Å². The number of carbonyl (C=O) groups is 1.